The molecule has 31 heavy (non-hydrogen) atoms. The molecule has 8 heteroatoms. The Balaban J connectivity index is 1.91. The molecule has 0 bridgehead atoms. The van der Waals surface area contributed by atoms with Crippen LogP contribution in [0.5, 0.6) is 0 Å². The van der Waals surface area contributed by atoms with E-state index in [0.717, 1.165) is 17.0 Å². The molecule has 0 unspecified atom stereocenters. The summed E-state index contributed by atoms with van der Waals surface area (Å²) in [6.07, 6.45) is 2.61. The number of rotatable bonds is 7. The van der Waals surface area contributed by atoms with Crippen molar-refractivity contribution in [3.8, 4) is 0 Å². The third-order valence-electron chi connectivity index (χ3n) is 4.84. The first-order valence-corrected chi connectivity index (χ1v) is 10.6. The molecule has 0 aliphatic rings. The van der Waals surface area contributed by atoms with Gasteiger partial charge in [-0.15, -0.1) is 11.3 Å². The second kappa shape index (κ2) is 9.80. The van der Waals surface area contributed by atoms with Crippen molar-refractivity contribution in [2.45, 2.75) is 26.4 Å². The number of carbonyl (C=O) groups excluding carboxylic acids is 2. The number of amides is 1. The fourth-order valence-electron chi connectivity index (χ4n) is 2.84. The standard InChI is InChI=1S/C23H24FN3O3S/c1-14(2)27(3)13-16-10-11-17-20(21(23(29)30-4)31-22(17)25-16)26-19(28)12-9-15-7-5-6-8-18(15)24/h5-12,14H,13H2,1-4H3,(H,26,28). The van der Waals surface area contributed by atoms with Crippen molar-refractivity contribution in [1.82, 2.24) is 9.88 Å². The summed E-state index contributed by atoms with van der Waals surface area (Å²) in [6.45, 7) is 4.86. The van der Waals surface area contributed by atoms with Gasteiger partial charge < -0.3 is 10.1 Å². The Kier molecular flexibility index (Phi) is 7.14. The molecular formula is C23H24FN3O3S. The lowest BCUT2D eigenvalue weighted by atomic mass is 10.2. The minimum atomic E-state index is -0.558. The molecule has 2 aromatic heterocycles. The van der Waals surface area contributed by atoms with Gasteiger partial charge in [-0.2, -0.15) is 0 Å². The molecule has 1 aromatic carbocycles. The fourth-order valence-corrected chi connectivity index (χ4v) is 3.91. The van der Waals surface area contributed by atoms with Gasteiger partial charge in [-0.1, -0.05) is 18.2 Å². The van der Waals surface area contributed by atoms with Gasteiger partial charge in [-0.05, 0) is 45.2 Å². The van der Waals surface area contributed by atoms with Gasteiger partial charge in [-0.25, -0.2) is 14.2 Å². The van der Waals surface area contributed by atoms with Crippen LogP contribution in [0.25, 0.3) is 16.3 Å². The number of esters is 1. The monoisotopic (exact) mass is 441 g/mol. The number of ether oxygens (including phenoxy) is 1. The maximum Gasteiger partial charge on any atom is 0.350 e. The fraction of sp³-hybridized carbons (Fsp3) is 0.261. The first-order valence-electron chi connectivity index (χ1n) is 9.74. The molecule has 0 fully saturated rings. The Morgan fingerprint density at radius 3 is 2.68 bits per heavy atom. The minimum absolute atomic E-state index is 0.256. The Morgan fingerprint density at radius 2 is 2.00 bits per heavy atom. The first-order chi connectivity index (χ1) is 14.8. The molecule has 0 aliphatic heterocycles. The van der Waals surface area contributed by atoms with E-state index >= 15 is 0 Å². The summed E-state index contributed by atoms with van der Waals surface area (Å²) >= 11 is 1.16. The van der Waals surface area contributed by atoms with Crippen LogP contribution < -0.4 is 5.32 Å². The Labute approximate surface area is 184 Å². The predicted molar refractivity (Wildman–Crippen MR) is 122 cm³/mol. The van der Waals surface area contributed by atoms with Gasteiger partial charge in [0.15, 0.2) is 0 Å². The van der Waals surface area contributed by atoms with Gasteiger partial charge in [0.25, 0.3) is 0 Å². The summed E-state index contributed by atoms with van der Waals surface area (Å²) in [5.41, 5.74) is 1.49. The average molecular weight is 442 g/mol. The number of aromatic nitrogens is 1. The molecule has 1 amide bonds. The van der Waals surface area contributed by atoms with Crippen molar-refractivity contribution in [2.24, 2.45) is 0 Å². The first kappa shape index (κ1) is 22.6. The predicted octanol–water partition coefficient (Wildman–Crippen LogP) is 4.71. The highest BCUT2D eigenvalue weighted by Crippen LogP contribution is 2.35. The summed E-state index contributed by atoms with van der Waals surface area (Å²) in [7, 11) is 3.30. The maximum absolute atomic E-state index is 13.8. The summed E-state index contributed by atoms with van der Waals surface area (Å²) in [6, 6.07) is 10.2. The zero-order valence-electron chi connectivity index (χ0n) is 17.8. The van der Waals surface area contributed by atoms with Crippen molar-refractivity contribution in [2.75, 3.05) is 19.5 Å². The Hall–Kier alpha value is -3.10. The topological polar surface area (TPSA) is 71.5 Å². The van der Waals surface area contributed by atoms with Gasteiger partial charge in [0.1, 0.15) is 15.5 Å². The Bertz CT molecular complexity index is 1140. The number of carbonyl (C=O) groups is 2. The lowest BCUT2D eigenvalue weighted by molar-refractivity contribution is -0.111. The smallest absolute Gasteiger partial charge is 0.350 e. The van der Waals surface area contributed by atoms with Crippen LogP contribution in [-0.2, 0) is 16.1 Å². The van der Waals surface area contributed by atoms with Crippen molar-refractivity contribution in [3.05, 3.63) is 64.4 Å². The van der Waals surface area contributed by atoms with Crippen LogP contribution in [0.15, 0.2) is 42.5 Å². The lowest BCUT2D eigenvalue weighted by Gasteiger charge is -2.20. The average Bonchev–Trinajstić information content (AvgIpc) is 3.10. The van der Waals surface area contributed by atoms with E-state index in [9.17, 15) is 14.0 Å². The molecule has 0 spiro atoms. The number of benzene rings is 1. The van der Waals surface area contributed by atoms with Gasteiger partial charge in [0.05, 0.1) is 18.5 Å². The lowest BCUT2D eigenvalue weighted by Crippen LogP contribution is -2.25. The molecule has 162 valence electrons. The van der Waals surface area contributed by atoms with E-state index in [4.69, 9.17) is 4.74 Å². The molecule has 2 heterocycles. The molecule has 6 nitrogen and oxygen atoms in total. The summed E-state index contributed by atoms with van der Waals surface area (Å²) in [4.78, 5) is 32.5. The normalized spacial score (nSPS) is 11.6. The second-order valence-corrected chi connectivity index (χ2v) is 8.31. The molecule has 0 radical (unpaired) electrons. The molecule has 0 atom stereocenters. The molecule has 0 saturated carbocycles. The number of methoxy groups -OCH3 is 1. The zero-order chi connectivity index (χ0) is 22.5. The molecule has 0 saturated heterocycles. The van der Waals surface area contributed by atoms with Crippen molar-refractivity contribution < 1.29 is 18.7 Å². The van der Waals surface area contributed by atoms with Crippen LogP contribution in [0.4, 0.5) is 10.1 Å². The number of fused-ring (bicyclic) bond motifs is 1. The number of thiophene rings is 1. The Morgan fingerprint density at radius 1 is 1.26 bits per heavy atom. The number of nitrogens with one attached hydrogen (secondary N) is 1. The van der Waals surface area contributed by atoms with Crippen LogP contribution >= 0.6 is 11.3 Å². The number of halogens is 1. The van der Waals surface area contributed by atoms with E-state index in [1.54, 1.807) is 18.2 Å². The summed E-state index contributed by atoms with van der Waals surface area (Å²) < 4.78 is 18.6. The highest BCUT2D eigenvalue weighted by molar-refractivity contribution is 7.21. The molecular weight excluding hydrogens is 417 g/mol. The molecule has 0 aliphatic carbocycles. The van der Waals surface area contributed by atoms with Crippen molar-refractivity contribution >= 4 is 45.2 Å². The third-order valence-corrected chi connectivity index (χ3v) is 5.92. The number of nitrogens with zero attached hydrogens (tertiary/aromatic N) is 2. The van der Waals surface area contributed by atoms with Crippen molar-refractivity contribution in [1.29, 1.82) is 0 Å². The van der Waals surface area contributed by atoms with Crippen LogP contribution in [0.3, 0.4) is 0 Å². The van der Waals surface area contributed by atoms with E-state index in [1.165, 1.54) is 25.3 Å². The van der Waals surface area contributed by atoms with Crippen molar-refractivity contribution in [3.63, 3.8) is 0 Å². The van der Waals surface area contributed by atoms with E-state index in [2.05, 4.69) is 29.0 Å². The largest absolute Gasteiger partial charge is 0.465 e. The zero-order valence-corrected chi connectivity index (χ0v) is 18.6. The van der Waals surface area contributed by atoms with Crippen LogP contribution in [-0.4, -0.2) is 42.0 Å². The number of hydrogen-bond donors (Lipinski definition) is 1. The van der Waals surface area contributed by atoms with Gasteiger partial charge in [-0.3, -0.25) is 9.69 Å². The van der Waals surface area contributed by atoms with Crippen LogP contribution in [0, 0.1) is 5.82 Å². The minimum Gasteiger partial charge on any atom is -0.465 e. The van der Waals surface area contributed by atoms with Gasteiger partial charge in [0, 0.05) is 29.6 Å². The van der Waals surface area contributed by atoms with Gasteiger partial charge in [0.2, 0.25) is 5.91 Å². The van der Waals surface area contributed by atoms with E-state index in [0.29, 0.717) is 34.1 Å². The summed E-state index contributed by atoms with van der Waals surface area (Å²) in [5, 5.41) is 3.38. The van der Waals surface area contributed by atoms with E-state index in [1.807, 2.05) is 19.2 Å². The highest BCUT2D eigenvalue weighted by Gasteiger charge is 2.21. The van der Waals surface area contributed by atoms with E-state index < -0.39 is 17.7 Å². The molecule has 3 rings (SSSR count). The van der Waals surface area contributed by atoms with Crippen LogP contribution in [0.2, 0.25) is 0 Å². The molecule has 3 aromatic rings. The summed E-state index contributed by atoms with van der Waals surface area (Å²) in [5.74, 6) is -1.47. The van der Waals surface area contributed by atoms with Crippen LogP contribution in [0.1, 0.15) is 34.8 Å². The highest BCUT2D eigenvalue weighted by atomic mass is 32.1. The number of anilines is 1. The van der Waals surface area contributed by atoms with Gasteiger partial charge >= 0.3 is 5.97 Å². The number of pyridine rings is 1. The second-order valence-electron chi connectivity index (χ2n) is 7.31. The van der Waals surface area contributed by atoms with E-state index in [-0.39, 0.29) is 4.88 Å². The quantitative estimate of drug-likeness (QED) is 0.425. The number of hydrogen-bond acceptors (Lipinski definition) is 6. The molecule has 1 N–H and O–H groups in total. The maximum atomic E-state index is 13.8. The SMILES string of the molecule is COC(=O)c1sc2nc(CN(C)C(C)C)ccc2c1NC(=O)C=Cc1ccccc1F. The third kappa shape index (κ3) is 5.34.